The van der Waals surface area contributed by atoms with Crippen LogP contribution in [0, 0.1) is 17.8 Å². The van der Waals surface area contributed by atoms with E-state index < -0.39 is 6.04 Å². The quantitative estimate of drug-likeness (QED) is 0.596. The fourth-order valence-electron chi connectivity index (χ4n) is 5.02. The number of carbonyl (C=O) groups excluding carboxylic acids is 2. The number of carbonyl (C=O) groups is 2. The summed E-state index contributed by atoms with van der Waals surface area (Å²) >= 11 is 0. The van der Waals surface area contributed by atoms with E-state index in [0.29, 0.717) is 5.92 Å². The Morgan fingerprint density at radius 3 is 2.29 bits per heavy atom. The molecule has 1 aliphatic heterocycles. The molecule has 31 heavy (non-hydrogen) atoms. The molecule has 2 fully saturated rings. The van der Waals surface area contributed by atoms with Crippen LogP contribution in [0.15, 0.2) is 30.3 Å². The fourth-order valence-corrected chi connectivity index (χ4v) is 5.02. The van der Waals surface area contributed by atoms with Gasteiger partial charge in [-0.05, 0) is 37.5 Å². The van der Waals surface area contributed by atoms with E-state index in [0.717, 1.165) is 64.6 Å². The van der Waals surface area contributed by atoms with E-state index in [1.807, 2.05) is 0 Å². The molecule has 1 aliphatic carbocycles. The molecule has 0 spiro atoms. The smallest absolute Gasteiger partial charge is 0.243 e. The van der Waals surface area contributed by atoms with E-state index in [1.54, 1.807) is 4.90 Å². The Kier molecular flexibility index (Phi) is 8.94. The van der Waals surface area contributed by atoms with Gasteiger partial charge in [0.2, 0.25) is 11.8 Å². The van der Waals surface area contributed by atoms with Crippen LogP contribution in [0.2, 0.25) is 0 Å². The van der Waals surface area contributed by atoms with Crippen molar-refractivity contribution in [1.82, 2.24) is 10.6 Å². The normalized spacial score (nSPS) is 28.4. The minimum Gasteiger partial charge on any atom is -0.351 e. The molecule has 2 atom stereocenters. The molecule has 5 heteroatoms. The van der Waals surface area contributed by atoms with Crippen molar-refractivity contribution in [3.63, 3.8) is 0 Å². The van der Waals surface area contributed by atoms with Gasteiger partial charge in [0.1, 0.15) is 12.6 Å². The molecule has 0 aromatic heterocycles. The number of hydrogen-bond donors (Lipinski definition) is 3. The lowest BCUT2D eigenvalue weighted by molar-refractivity contribution is -0.918. The van der Waals surface area contributed by atoms with Gasteiger partial charge in [-0.1, -0.05) is 57.5 Å². The number of benzene rings is 1. The van der Waals surface area contributed by atoms with Crippen LogP contribution >= 0.6 is 0 Å². The third-order valence-electron chi connectivity index (χ3n) is 7.52. The number of piperidine rings is 1. The molecule has 1 aromatic carbocycles. The first-order valence-corrected chi connectivity index (χ1v) is 12.4. The van der Waals surface area contributed by atoms with Gasteiger partial charge in [0, 0.05) is 30.4 Å². The number of quaternary nitrogens is 1. The van der Waals surface area contributed by atoms with Crippen molar-refractivity contribution in [3.8, 4) is 0 Å². The average Bonchev–Trinajstić information content (AvgIpc) is 2.79. The Morgan fingerprint density at radius 1 is 1.03 bits per heavy atom. The van der Waals surface area contributed by atoms with Crippen LogP contribution in [-0.4, -0.2) is 37.0 Å². The third-order valence-corrected chi connectivity index (χ3v) is 7.52. The third kappa shape index (κ3) is 7.06. The van der Waals surface area contributed by atoms with E-state index in [1.165, 1.54) is 5.56 Å². The predicted octanol–water partition coefficient (Wildman–Crippen LogP) is 2.71. The first-order valence-electron chi connectivity index (χ1n) is 12.4. The summed E-state index contributed by atoms with van der Waals surface area (Å²) in [6.45, 7) is 9.61. The van der Waals surface area contributed by atoms with E-state index in [2.05, 4.69) is 61.7 Å². The van der Waals surface area contributed by atoms with Gasteiger partial charge in [-0.2, -0.15) is 0 Å². The van der Waals surface area contributed by atoms with Gasteiger partial charge in [-0.25, -0.2) is 0 Å². The molecule has 3 rings (SSSR count). The standard InChI is InChI=1S/C26H41N3O2/c1-4-20(3)24(28-25(30)22-12-10-19(2)11-13-22)26(31)27-23-14-16-29(17-15-23)18-21-8-6-5-7-9-21/h5-9,19-20,22-24H,4,10-18H2,1-3H3,(H,27,31)(H,28,30)/p+1/t19?,20-,22?,24+/m0/s1. The van der Waals surface area contributed by atoms with Gasteiger partial charge in [0.15, 0.2) is 0 Å². The topological polar surface area (TPSA) is 62.6 Å². The zero-order chi connectivity index (χ0) is 22.2. The summed E-state index contributed by atoms with van der Waals surface area (Å²) in [6.07, 6.45) is 6.99. The van der Waals surface area contributed by atoms with Crippen LogP contribution in [0.25, 0.3) is 0 Å². The fraction of sp³-hybridized carbons (Fsp3) is 0.692. The van der Waals surface area contributed by atoms with Crippen molar-refractivity contribution in [2.24, 2.45) is 17.8 Å². The Hall–Kier alpha value is -1.88. The Balaban J connectivity index is 1.48. The highest BCUT2D eigenvalue weighted by Crippen LogP contribution is 2.28. The molecule has 0 bridgehead atoms. The summed E-state index contributed by atoms with van der Waals surface area (Å²) in [5.41, 5.74) is 1.37. The average molecular weight is 429 g/mol. The molecule has 2 aliphatic rings. The van der Waals surface area contributed by atoms with Crippen molar-refractivity contribution < 1.29 is 14.5 Å². The molecule has 1 saturated heterocycles. The number of rotatable bonds is 8. The van der Waals surface area contributed by atoms with Gasteiger partial charge in [-0.3, -0.25) is 9.59 Å². The Morgan fingerprint density at radius 2 is 1.68 bits per heavy atom. The van der Waals surface area contributed by atoms with Gasteiger partial charge in [-0.15, -0.1) is 0 Å². The van der Waals surface area contributed by atoms with Gasteiger partial charge >= 0.3 is 0 Å². The first kappa shape index (κ1) is 23.8. The number of nitrogens with one attached hydrogen (secondary N) is 3. The largest absolute Gasteiger partial charge is 0.351 e. The van der Waals surface area contributed by atoms with Crippen LogP contribution in [0.3, 0.4) is 0 Å². The summed E-state index contributed by atoms with van der Waals surface area (Å²) in [4.78, 5) is 27.6. The van der Waals surface area contributed by atoms with Crippen LogP contribution < -0.4 is 15.5 Å². The van der Waals surface area contributed by atoms with Gasteiger partial charge < -0.3 is 15.5 Å². The highest BCUT2D eigenvalue weighted by Gasteiger charge is 2.32. The molecular formula is C26H42N3O2+. The predicted molar refractivity (Wildman–Crippen MR) is 125 cm³/mol. The Labute approximate surface area is 188 Å². The zero-order valence-electron chi connectivity index (χ0n) is 19.7. The molecule has 1 heterocycles. The second kappa shape index (κ2) is 11.7. The lowest BCUT2D eigenvalue weighted by Crippen LogP contribution is -3.12. The molecule has 172 valence electrons. The maximum Gasteiger partial charge on any atom is 0.243 e. The second-order valence-electron chi connectivity index (χ2n) is 10.0. The number of hydrogen-bond acceptors (Lipinski definition) is 2. The van der Waals surface area contributed by atoms with Crippen molar-refractivity contribution in [2.45, 2.75) is 84.3 Å². The van der Waals surface area contributed by atoms with Crippen molar-refractivity contribution in [3.05, 3.63) is 35.9 Å². The molecule has 1 aromatic rings. The van der Waals surface area contributed by atoms with Crippen molar-refractivity contribution in [1.29, 1.82) is 0 Å². The lowest BCUT2D eigenvalue weighted by Gasteiger charge is -2.33. The van der Waals surface area contributed by atoms with Gasteiger partial charge in [0.05, 0.1) is 13.1 Å². The maximum atomic E-state index is 13.1. The summed E-state index contributed by atoms with van der Waals surface area (Å²) in [5, 5.41) is 6.39. The SMILES string of the molecule is CC[C@H](C)[C@@H](NC(=O)C1CCC(C)CC1)C(=O)NC1CC[NH+](Cc2ccccc2)CC1. The number of likely N-dealkylation sites (tertiary alicyclic amines) is 1. The zero-order valence-corrected chi connectivity index (χ0v) is 19.7. The summed E-state index contributed by atoms with van der Waals surface area (Å²) in [7, 11) is 0. The molecule has 0 unspecified atom stereocenters. The molecule has 2 amide bonds. The maximum absolute atomic E-state index is 13.1. The van der Waals surface area contributed by atoms with E-state index in [9.17, 15) is 9.59 Å². The van der Waals surface area contributed by atoms with E-state index >= 15 is 0 Å². The van der Waals surface area contributed by atoms with Crippen LogP contribution in [0.5, 0.6) is 0 Å². The minimum absolute atomic E-state index is 0.00314. The van der Waals surface area contributed by atoms with Crippen LogP contribution in [-0.2, 0) is 16.1 Å². The molecule has 5 nitrogen and oxygen atoms in total. The van der Waals surface area contributed by atoms with Gasteiger partial charge in [0.25, 0.3) is 0 Å². The summed E-state index contributed by atoms with van der Waals surface area (Å²) in [5.74, 6) is 1.00. The molecule has 3 N–H and O–H groups in total. The van der Waals surface area contributed by atoms with Crippen molar-refractivity contribution in [2.75, 3.05) is 13.1 Å². The minimum atomic E-state index is -0.424. The molecule has 1 saturated carbocycles. The van der Waals surface area contributed by atoms with Crippen LogP contribution in [0.1, 0.15) is 71.3 Å². The van der Waals surface area contributed by atoms with Crippen molar-refractivity contribution >= 4 is 11.8 Å². The highest BCUT2D eigenvalue weighted by atomic mass is 16.2. The summed E-state index contributed by atoms with van der Waals surface area (Å²) in [6, 6.07) is 10.4. The first-order chi connectivity index (χ1) is 15.0. The van der Waals surface area contributed by atoms with E-state index in [-0.39, 0.29) is 29.7 Å². The molecule has 0 radical (unpaired) electrons. The second-order valence-corrected chi connectivity index (χ2v) is 10.0. The van der Waals surface area contributed by atoms with E-state index in [4.69, 9.17) is 0 Å². The monoisotopic (exact) mass is 428 g/mol. The Bertz CT molecular complexity index is 692. The lowest BCUT2D eigenvalue weighted by atomic mass is 9.82. The number of amides is 2. The van der Waals surface area contributed by atoms with Crippen LogP contribution in [0.4, 0.5) is 0 Å². The molecular weight excluding hydrogens is 386 g/mol. The highest BCUT2D eigenvalue weighted by molar-refractivity contribution is 5.88. The summed E-state index contributed by atoms with van der Waals surface area (Å²) < 4.78 is 0.